The Morgan fingerprint density at radius 2 is 2.04 bits per heavy atom. The summed E-state index contributed by atoms with van der Waals surface area (Å²) in [5.41, 5.74) is 0.967. The molecule has 0 saturated carbocycles. The summed E-state index contributed by atoms with van der Waals surface area (Å²) >= 11 is 11.9. The Labute approximate surface area is 146 Å². The Kier molecular flexibility index (Phi) is 6.68. The predicted octanol–water partition coefficient (Wildman–Crippen LogP) is 3.86. The molecule has 0 unspecified atom stereocenters. The van der Waals surface area contributed by atoms with Crippen molar-refractivity contribution in [2.45, 2.75) is 12.8 Å². The first kappa shape index (κ1) is 17.6. The van der Waals surface area contributed by atoms with Gasteiger partial charge in [-0.1, -0.05) is 35.3 Å². The Bertz CT molecular complexity index is 650. The van der Waals surface area contributed by atoms with Crippen LogP contribution >= 0.6 is 23.2 Å². The molecule has 6 heteroatoms. The van der Waals surface area contributed by atoms with Gasteiger partial charge in [-0.25, -0.2) is 0 Å². The van der Waals surface area contributed by atoms with E-state index in [0.717, 1.165) is 12.1 Å². The third-order valence-electron chi connectivity index (χ3n) is 3.34. The van der Waals surface area contributed by atoms with Crippen molar-refractivity contribution in [3.8, 4) is 5.75 Å². The summed E-state index contributed by atoms with van der Waals surface area (Å²) in [6.07, 6.45) is 2.76. The molecular weight excluding hydrogens is 335 g/mol. The third kappa shape index (κ3) is 5.41. The Hall–Kier alpha value is -1.78. The third-order valence-corrected chi connectivity index (χ3v) is 4.15. The number of aromatic nitrogens is 1. The minimum absolute atomic E-state index is 0.0130. The van der Waals surface area contributed by atoms with Crippen LogP contribution in [-0.4, -0.2) is 36.0 Å². The number of hydrogen-bond donors (Lipinski definition) is 0. The minimum Gasteiger partial charge on any atom is -0.491 e. The summed E-state index contributed by atoms with van der Waals surface area (Å²) in [6, 6.07) is 10.9. The molecule has 0 N–H and O–H groups in total. The van der Waals surface area contributed by atoms with Crippen molar-refractivity contribution < 1.29 is 9.53 Å². The average Bonchev–Trinajstić information content (AvgIpc) is 2.57. The number of pyridine rings is 1. The number of ether oxygens (including phenoxy) is 1. The van der Waals surface area contributed by atoms with Gasteiger partial charge in [0.2, 0.25) is 5.91 Å². The molecule has 0 bridgehead atoms. The number of benzene rings is 1. The smallest absolute Gasteiger partial charge is 0.225 e. The maximum absolute atomic E-state index is 12.1. The van der Waals surface area contributed by atoms with E-state index < -0.39 is 0 Å². The number of amides is 1. The van der Waals surface area contributed by atoms with E-state index in [0.29, 0.717) is 22.3 Å². The molecule has 0 aliphatic heterocycles. The molecule has 4 nitrogen and oxygen atoms in total. The number of likely N-dealkylation sites (N-methyl/N-ethyl adjacent to an activating group) is 1. The second-order valence-corrected chi connectivity index (χ2v) is 5.82. The van der Waals surface area contributed by atoms with Crippen LogP contribution in [0.5, 0.6) is 5.75 Å². The lowest BCUT2D eigenvalue weighted by Gasteiger charge is -2.17. The van der Waals surface area contributed by atoms with Crippen molar-refractivity contribution in [3.05, 3.63) is 58.3 Å². The van der Waals surface area contributed by atoms with Crippen LogP contribution in [-0.2, 0) is 11.2 Å². The zero-order valence-corrected chi connectivity index (χ0v) is 14.3. The monoisotopic (exact) mass is 352 g/mol. The number of carbonyl (C=O) groups is 1. The molecule has 0 fully saturated rings. The van der Waals surface area contributed by atoms with E-state index in [1.165, 1.54) is 0 Å². The summed E-state index contributed by atoms with van der Waals surface area (Å²) in [4.78, 5) is 18.0. The molecule has 0 radical (unpaired) electrons. The van der Waals surface area contributed by atoms with E-state index in [1.54, 1.807) is 36.3 Å². The molecule has 0 aliphatic rings. The normalized spacial score (nSPS) is 10.4. The highest BCUT2D eigenvalue weighted by Crippen LogP contribution is 2.31. The zero-order valence-electron chi connectivity index (χ0n) is 12.8. The standard InChI is InChI=1S/C17H18Cl2N2O2/c1-21(11-8-13-5-2-3-10-20-13)16(22)9-12-23-15-7-4-6-14(18)17(15)19/h2-7,10H,8-9,11-12H2,1H3. The molecule has 1 aromatic carbocycles. The summed E-state index contributed by atoms with van der Waals surface area (Å²) < 4.78 is 5.52. The second-order valence-electron chi connectivity index (χ2n) is 5.04. The number of nitrogens with zero attached hydrogens (tertiary/aromatic N) is 2. The van der Waals surface area contributed by atoms with Crippen molar-refractivity contribution in [2.24, 2.45) is 0 Å². The number of rotatable bonds is 7. The van der Waals surface area contributed by atoms with Gasteiger partial charge in [0.25, 0.3) is 0 Å². The maximum Gasteiger partial charge on any atom is 0.225 e. The molecule has 2 aromatic rings. The predicted molar refractivity (Wildman–Crippen MR) is 92.2 cm³/mol. The molecule has 0 saturated heterocycles. The van der Waals surface area contributed by atoms with Gasteiger partial charge in [0.15, 0.2) is 0 Å². The van der Waals surface area contributed by atoms with E-state index in [2.05, 4.69) is 4.98 Å². The molecule has 0 aliphatic carbocycles. The summed E-state index contributed by atoms with van der Waals surface area (Å²) in [6.45, 7) is 0.876. The Morgan fingerprint density at radius 1 is 1.22 bits per heavy atom. The molecule has 23 heavy (non-hydrogen) atoms. The highest BCUT2D eigenvalue weighted by atomic mass is 35.5. The maximum atomic E-state index is 12.1. The lowest BCUT2D eigenvalue weighted by Crippen LogP contribution is -2.30. The van der Waals surface area contributed by atoms with Crippen LogP contribution in [0.25, 0.3) is 0 Å². The largest absolute Gasteiger partial charge is 0.491 e. The SMILES string of the molecule is CN(CCc1ccccn1)C(=O)CCOc1cccc(Cl)c1Cl. The molecule has 1 aromatic heterocycles. The van der Waals surface area contributed by atoms with E-state index >= 15 is 0 Å². The summed E-state index contributed by atoms with van der Waals surface area (Å²) in [5.74, 6) is 0.502. The van der Waals surface area contributed by atoms with E-state index in [-0.39, 0.29) is 18.9 Å². The fourth-order valence-corrected chi connectivity index (χ4v) is 2.33. The van der Waals surface area contributed by atoms with Gasteiger partial charge in [0, 0.05) is 31.9 Å². The summed E-state index contributed by atoms with van der Waals surface area (Å²) in [5, 5.41) is 0.799. The minimum atomic E-state index is 0.0130. The van der Waals surface area contributed by atoms with Crippen LogP contribution in [0.2, 0.25) is 10.0 Å². The quantitative estimate of drug-likeness (QED) is 0.759. The van der Waals surface area contributed by atoms with Crippen LogP contribution in [0, 0.1) is 0 Å². The average molecular weight is 353 g/mol. The van der Waals surface area contributed by atoms with Gasteiger partial charge < -0.3 is 9.64 Å². The van der Waals surface area contributed by atoms with Crippen LogP contribution < -0.4 is 4.74 Å². The van der Waals surface area contributed by atoms with E-state index in [9.17, 15) is 4.79 Å². The van der Waals surface area contributed by atoms with Gasteiger partial charge in [-0.3, -0.25) is 9.78 Å². The van der Waals surface area contributed by atoms with Crippen LogP contribution in [0.3, 0.4) is 0 Å². The summed E-state index contributed by atoms with van der Waals surface area (Å²) in [7, 11) is 1.78. The second kappa shape index (κ2) is 8.75. The molecule has 122 valence electrons. The van der Waals surface area contributed by atoms with E-state index in [1.807, 2.05) is 18.2 Å². The highest BCUT2D eigenvalue weighted by Gasteiger charge is 2.10. The number of carbonyl (C=O) groups excluding carboxylic acids is 1. The Morgan fingerprint density at radius 3 is 2.78 bits per heavy atom. The van der Waals surface area contributed by atoms with Gasteiger partial charge >= 0.3 is 0 Å². The molecule has 1 heterocycles. The topological polar surface area (TPSA) is 42.4 Å². The lowest BCUT2D eigenvalue weighted by molar-refractivity contribution is -0.130. The molecule has 0 atom stereocenters. The van der Waals surface area contributed by atoms with Crippen LogP contribution in [0.4, 0.5) is 0 Å². The molecule has 1 amide bonds. The van der Waals surface area contributed by atoms with Crippen molar-refractivity contribution in [1.29, 1.82) is 0 Å². The number of hydrogen-bond acceptors (Lipinski definition) is 3. The number of halogens is 2. The van der Waals surface area contributed by atoms with Crippen molar-refractivity contribution in [3.63, 3.8) is 0 Å². The van der Waals surface area contributed by atoms with Gasteiger partial charge in [0.1, 0.15) is 10.8 Å². The van der Waals surface area contributed by atoms with Gasteiger partial charge in [-0.05, 0) is 24.3 Å². The molecule has 2 rings (SSSR count). The van der Waals surface area contributed by atoms with Gasteiger partial charge in [0.05, 0.1) is 18.1 Å². The first-order valence-electron chi connectivity index (χ1n) is 7.28. The van der Waals surface area contributed by atoms with E-state index in [4.69, 9.17) is 27.9 Å². The van der Waals surface area contributed by atoms with Crippen molar-refractivity contribution >= 4 is 29.1 Å². The van der Waals surface area contributed by atoms with Gasteiger partial charge in [-0.2, -0.15) is 0 Å². The lowest BCUT2D eigenvalue weighted by atomic mass is 10.2. The first-order chi connectivity index (χ1) is 11.1. The fourth-order valence-electron chi connectivity index (χ4n) is 1.99. The van der Waals surface area contributed by atoms with Crippen LogP contribution in [0.1, 0.15) is 12.1 Å². The van der Waals surface area contributed by atoms with Crippen LogP contribution in [0.15, 0.2) is 42.6 Å². The van der Waals surface area contributed by atoms with Crippen molar-refractivity contribution in [1.82, 2.24) is 9.88 Å². The first-order valence-corrected chi connectivity index (χ1v) is 8.04. The molecule has 0 spiro atoms. The Balaban J connectivity index is 1.74. The zero-order chi connectivity index (χ0) is 16.7. The van der Waals surface area contributed by atoms with Crippen molar-refractivity contribution in [2.75, 3.05) is 20.2 Å². The highest BCUT2D eigenvalue weighted by molar-refractivity contribution is 6.42. The molecular formula is C17H18Cl2N2O2. The fraction of sp³-hybridized carbons (Fsp3) is 0.294. The van der Waals surface area contributed by atoms with Gasteiger partial charge in [-0.15, -0.1) is 0 Å².